The minimum absolute atomic E-state index is 0. The van der Waals surface area contributed by atoms with Gasteiger partial charge in [0.05, 0.1) is 20.3 Å². The number of methoxy groups -OCH3 is 1. The monoisotopic (exact) mass is 296 g/mol. The summed E-state index contributed by atoms with van der Waals surface area (Å²) in [4.78, 5) is 0. The van der Waals surface area contributed by atoms with E-state index in [0.717, 1.165) is 16.9 Å². The molecule has 2 aromatic rings. The molecule has 1 heterocycles. The molecule has 0 amide bonds. The fourth-order valence-electron chi connectivity index (χ4n) is 2.31. The van der Waals surface area contributed by atoms with Gasteiger partial charge in [-0.3, -0.25) is 0 Å². The first-order valence-electron chi connectivity index (χ1n) is 6.35. The Morgan fingerprint density at radius 3 is 2.29 bits per heavy atom. The maximum Gasteiger partial charge on any atom is 1.00 e. The molecular formula is C16H14ClLiO3. The molecule has 5 heteroatoms. The number of halogens is 1. The van der Waals surface area contributed by atoms with Gasteiger partial charge >= 0.3 is 18.9 Å². The molecule has 0 spiro atoms. The third-order valence-electron chi connectivity index (χ3n) is 3.29. The SMILES string of the molecule is COc1ccc(C2(c3[c-]cc(Cl)cc3)OCCO2)cc1.[Li+]. The average molecular weight is 297 g/mol. The molecule has 1 saturated heterocycles. The van der Waals surface area contributed by atoms with Crippen molar-refractivity contribution in [1.29, 1.82) is 0 Å². The van der Waals surface area contributed by atoms with Crippen LogP contribution in [0.2, 0.25) is 5.02 Å². The summed E-state index contributed by atoms with van der Waals surface area (Å²) in [5, 5.41) is 0.636. The quantitative estimate of drug-likeness (QED) is 0.606. The molecule has 0 radical (unpaired) electrons. The summed E-state index contributed by atoms with van der Waals surface area (Å²) < 4.78 is 17.0. The van der Waals surface area contributed by atoms with Gasteiger partial charge in [-0.05, 0) is 24.3 Å². The molecule has 0 atom stereocenters. The number of ether oxygens (including phenoxy) is 3. The van der Waals surface area contributed by atoms with E-state index in [-0.39, 0.29) is 18.9 Å². The number of benzene rings is 2. The van der Waals surface area contributed by atoms with Crippen LogP contribution in [-0.4, -0.2) is 20.3 Å². The van der Waals surface area contributed by atoms with Gasteiger partial charge in [0.15, 0.2) is 5.79 Å². The molecule has 3 nitrogen and oxygen atoms in total. The molecule has 0 aromatic heterocycles. The first-order chi connectivity index (χ1) is 9.74. The van der Waals surface area contributed by atoms with E-state index in [0.29, 0.717) is 18.2 Å². The van der Waals surface area contributed by atoms with E-state index in [9.17, 15) is 0 Å². The first kappa shape index (κ1) is 16.4. The summed E-state index contributed by atoms with van der Waals surface area (Å²) in [5.41, 5.74) is 1.72. The topological polar surface area (TPSA) is 27.7 Å². The van der Waals surface area contributed by atoms with E-state index in [1.165, 1.54) is 0 Å². The molecule has 2 aromatic carbocycles. The Kier molecular flexibility index (Phi) is 5.37. The van der Waals surface area contributed by atoms with Crippen molar-refractivity contribution >= 4 is 11.6 Å². The van der Waals surface area contributed by atoms with Crippen LogP contribution in [0.4, 0.5) is 0 Å². The Hall–Kier alpha value is -0.953. The van der Waals surface area contributed by atoms with Crippen LogP contribution in [0, 0.1) is 6.07 Å². The zero-order chi connectivity index (χ0) is 14.0. The second-order valence-corrected chi connectivity index (χ2v) is 4.90. The number of hydrogen-bond acceptors (Lipinski definition) is 3. The third-order valence-corrected chi connectivity index (χ3v) is 3.53. The predicted molar refractivity (Wildman–Crippen MR) is 76.0 cm³/mol. The van der Waals surface area contributed by atoms with Crippen LogP contribution in [0.15, 0.2) is 42.5 Å². The molecular weight excluding hydrogens is 283 g/mol. The minimum Gasteiger partial charge on any atom is -0.497 e. The van der Waals surface area contributed by atoms with Crippen LogP contribution in [0.1, 0.15) is 11.1 Å². The zero-order valence-corrected chi connectivity index (χ0v) is 12.8. The Morgan fingerprint density at radius 1 is 1.10 bits per heavy atom. The normalized spacial score (nSPS) is 16.3. The van der Waals surface area contributed by atoms with Crippen molar-refractivity contribution in [2.45, 2.75) is 5.79 Å². The van der Waals surface area contributed by atoms with Crippen LogP contribution < -0.4 is 23.6 Å². The largest absolute Gasteiger partial charge is 1.00 e. The van der Waals surface area contributed by atoms with Gasteiger partial charge in [-0.1, -0.05) is 10.6 Å². The fourth-order valence-corrected chi connectivity index (χ4v) is 2.43. The van der Waals surface area contributed by atoms with Crippen molar-refractivity contribution < 1.29 is 33.1 Å². The maximum absolute atomic E-state index is 5.92. The van der Waals surface area contributed by atoms with Crippen LogP contribution in [0.5, 0.6) is 5.75 Å². The van der Waals surface area contributed by atoms with Gasteiger partial charge in [-0.15, -0.1) is 0 Å². The minimum atomic E-state index is -0.906. The van der Waals surface area contributed by atoms with Gasteiger partial charge in [-0.2, -0.15) is 35.9 Å². The van der Waals surface area contributed by atoms with E-state index in [1.54, 1.807) is 13.2 Å². The summed E-state index contributed by atoms with van der Waals surface area (Å²) in [6, 6.07) is 16.2. The van der Waals surface area contributed by atoms with E-state index in [1.807, 2.05) is 36.4 Å². The van der Waals surface area contributed by atoms with Crippen molar-refractivity contribution in [2.24, 2.45) is 0 Å². The van der Waals surface area contributed by atoms with Crippen molar-refractivity contribution in [3.63, 3.8) is 0 Å². The second-order valence-electron chi connectivity index (χ2n) is 4.46. The maximum atomic E-state index is 5.92. The Labute approximate surface area is 141 Å². The van der Waals surface area contributed by atoms with Gasteiger partial charge in [0.1, 0.15) is 5.75 Å². The zero-order valence-electron chi connectivity index (χ0n) is 12.1. The Bertz CT molecular complexity index is 577. The van der Waals surface area contributed by atoms with Gasteiger partial charge in [0, 0.05) is 5.56 Å². The Morgan fingerprint density at radius 2 is 1.76 bits per heavy atom. The standard InChI is InChI=1S/C16H14ClO3.Li/c1-18-15-8-4-13(5-9-15)16(19-10-11-20-16)12-2-6-14(17)7-3-12;/h2,4-9H,10-11H2,1H3;/q-1;+1. The molecule has 3 rings (SSSR count). The second kappa shape index (κ2) is 6.87. The average Bonchev–Trinajstić information content (AvgIpc) is 2.99. The van der Waals surface area contributed by atoms with Gasteiger partial charge in [-0.25, -0.2) is 0 Å². The van der Waals surface area contributed by atoms with E-state index >= 15 is 0 Å². The molecule has 0 N–H and O–H groups in total. The van der Waals surface area contributed by atoms with Crippen molar-refractivity contribution in [1.82, 2.24) is 0 Å². The van der Waals surface area contributed by atoms with Crippen LogP contribution >= 0.6 is 11.6 Å². The molecule has 1 aliphatic heterocycles. The molecule has 1 aliphatic rings. The number of rotatable bonds is 3. The van der Waals surface area contributed by atoms with Crippen molar-refractivity contribution in [3.05, 3.63) is 64.7 Å². The molecule has 0 unspecified atom stereocenters. The summed E-state index contributed by atoms with van der Waals surface area (Å²) in [6.45, 7) is 1.09. The summed E-state index contributed by atoms with van der Waals surface area (Å²) in [6.07, 6.45) is 0. The van der Waals surface area contributed by atoms with Crippen LogP contribution in [0.25, 0.3) is 0 Å². The smallest absolute Gasteiger partial charge is 0.497 e. The van der Waals surface area contributed by atoms with E-state index < -0.39 is 5.79 Å². The van der Waals surface area contributed by atoms with E-state index in [2.05, 4.69) is 6.07 Å². The van der Waals surface area contributed by atoms with Crippen LogP contribution in [0.3, 0.4) is 0 Å². The molecule has 0 aliphatic carbocycles. The van der Waals surface area contributed by atoms with E-state index in [4.69, 9.17) is 25.8 Å². The predicted octanol–water partition coefficient (Wildman–Crippen LogP) is 0.401. The van der Waals surface area contributed by atoms with Crippen LogP contribution in [-0.2, 0) is 15.3 Å². The van der Waals surface area contributed by atoms with Gasteiger partial charge in [0.2, 0.25) is 0 Å². The van der Waals surface area contributed by atoms with Gasteiger partial charge in [0.25, 0.3) is 0 Å². The molecule has 104 valence electrons. The molecule has 21 heavy (non-hydrogen) atoms. The fraction of sp³-hybridized carbons (Fsp3) is 0.250. The molecule has 0 bridgehead atoms. The summed E-state index contributed by atoms with van der Waals surface area (Å²) in [7, 11) is 1.64. The molecule has 0 saturated carbocycles. The van der Waals surface area contributed by atoms with Crippen molar-refractivity contribution in [3.8, 4) is 5.75 Å². The first-order valence-corrected chi connectivity index (χ1v) is 6.72. The molecule has 1 fully saturated rings. The Balaban J connectivity index is 0.00000161. The summed E-state index contributed by atoms with van der Waals surface area (Å²) in [5.74, 6) is -0.112. The van der Waals surface area contributed by atoms with Crippen molar-refractivity contribution in [2.75, 3.05) is 20.3 Å². The van der Waals surface area contributed by atoms with Gasteiger partial charge < -0.3 is 14.2 Å². The third kappa shape index (κ3) is 3.13. The number of hydrogen-bond donors (Lipinski definition) is 0. The summed E-state index contributed by atoms with van der Waals surface area (Å²) >= 11 is 5.92.